The molecule has 0 radical (unpaired) electrons. The fraction of sp³-hybridized carbons (Fsp3) is 0.409. The molecule has 0 unspecified atom stereocenters. The number of nitrogens with one attached hydrogen (secondary N) is 1. The van der Waals surface area contributed by atoms with Gasteiger partial charge in [-0.15, -0.1) is 11.3 Å². The molecule has 1 aromatic carbocycles. The zero-order chi connectivity index (χ0) is 21.3. The highest BCUT2D eigenvalue weighted by atomic mass is 32.1. The first-order valence-electron chi connectivity index (χ1n) is 10.1. The standard InChI is InChI=1S/C22H26N4O3S/c1-13-7-5-6-10-26(13)20-18-14(2)19(30-22(18)24-12-23-20)21(27)25-16-9-8-15(28-3)11-17(16)29-4/h8-9,11-13H,5-7,10H2,1-4H3,(H,25,27)/t13-/m0/s1. The van der Waals surface area contributed by atoms with Gasteiger partial charge in [0.1, 0.15) is 28.5 Å². The summed E-state index contributed by atoms with van der Waals surface area (Å²) >= 11 is 1.40. The molecule has 0 spiro atoms. The largest absolute Gasteiger partial charge is 0.497 e. The smallest absolute Gasteiger partial charge is 0.266 e. The Morgan fingerprint density at radius 1 is 1.23 bits per heavy atom. The van der Waals surface area contributed by atoms with Crippen LogP contribution in [0.15, 0.2) is 24.5 Å². The van der Waals surface area contributed by atoms with E-state index in [-0.39, 0.29) is 5.91 Å². The van der Waals surface area contributed by atoms with Crippen molar-refractivity contribution in [3.05, 3.63) is 35.0 Å². The number of benzene rings is 1. The minimum absolute atomic E-state index is 0.184. The molecule has 3 heterocycles. The van der Waals surface area contributed by atoms with Crippen molar-refractivity contribution >= 4 is 39.0 Å². The van der Waals surface area contributed by atoms with Crippen LogP contribution in [0, 0.1) is 6.92 Å². The third kappa shape index (κ3) is 3.67. The van der Waals surface area contributed by atoms with Crippen LogP contribution in [0.3, 0.4) is 0 Å². The van der Waals surface area contributed by atoms with E-state index in [9.17, 15) is 4.79 Å². The predicted molar refractivity (Wildman–Crippen MR) is 120 cm³/mol. The second-order valence-electron chi connectivity index (χ2n) is 7.49. The highest BCUT2D eigenvalue weighted by molar-refractivity contribution is 7.20. The fourth-order valence-electron chi connectivity index (χ4n) is 3.98. The number of ether oxygens (including phenoxy) is 2. The molecule has 0 saturated carbocycles. The summed E-state index contributed by atoms with van der Waals surface area (Å²) in [5, 5.41) is 3.94. The van der Waals surface area contributed by atoms with Gasteiger partial charge in [0.05, 0.1) is 30.2 Å². The Kier molecular flexibility index (Phi) is 5.76. The number of thiophene rings is 1. The summed E-state index contributed by atoms with van der Waals surface area (Å²) in [4.78, 5) is 26.0. The Labute approximate surface area is 180 Å². The van der Waals surface area contributed by atoms with Crippen LogP contribution in [0.5, 0.6) is 11.5 Å². The van der Waals surface area contributed by atoms with Gasteiger partial charge in [-0.1, -0.05) is 0 Å². The van der Waals surface area contributed by atoms with E-state index in [2.05, 4.69) is 27.1 Å². The maximum atomic E-state index is 13.1. The van der Waals surface area contributed by atoms with E-state index in [4.69, 9.17) is 9.47 Å². The van der Waals surface area contributed by atoms with E-state index in [1.807, 2.05) is 6.92 Å². The second kappa shape index (κ2) is 8.47. The topological polar surface area (TPSA) is 76.6 Å². The average molecular weight is 427 g/mol. The third-order valence-electron chi connectivity index (χ3n) is 5.64. The number of piperidine rings is 1. The highest BCUT2D eigenvalue weighted by Gasteiger charge is 2.26. The van der Waals surface area contributed by atoms with Crippen molar-refractivity contribution in [1.82, 2.24) is 9.97 Å². The first kappa shape index (κ1) is 20.4. The first-order valence-corrected chi connectivity index (χ1v) is 10.9. The number of carbonyl (C=O) groups excluding carboxylic acids is 1. The number of nitrogens with zero attached hydrogens (tertiary/aromatic N) is 3. The van der Waals surface area contributed by atoms with Gasteiger partial charge in [-0.2, -0.15) is 0 Å². The molecule has 1 aliphatic heterocycles. The third-order valence-corrected chi connectivity index (χ3v) is 6.84. The predicted octanol–water partition coefficient (Wildman–Crippen LogP) is 4.65. The Morgan fingerprint density at radius 3 is 2.80 bits per heavy atom. The van der Waals surface area contributed by atoms with Crippen molar-refractivity contribution < 1.29 is 14.3 Å². The molecule has 1 atom stereocenters. The number of amides is 1. The van der Waals surface area contributed by atoms with Gasteiger partial charge < -0.3 is 19.7 Å². The lowest BCUT2D eigenvalue weighted by atomic mass is 10.0. The molecule has 7 nitrogen and oxygen atoms in total. The van der Waals surface area contributed by atoms with Crippen LogP contribution >= 0.6 is 11.3 Å². The van der Waals surface area contributed by atoms with Gasteiger partial charge in [0.15, 0.2) is 0 Å². The molecule has 8 heteroatoms. The molecular weight excluding hydrogens is 400 g/mol. The van der Waals surface area contributed by atoms with E-state index in [1.54, 1.807) is 38.7 Å². The Bertz CT molecular complexity index is 1080. The summed E-state index contributed by atoms with van der Waals surface area (Å²) in [6.07, 6.45) is 5.15. The van der Waals surface area contributed by atoms with Crippen molar-refractivity contribution in [2.45, 2.75) is 39.2 Å². The van der Waals surface area contributed by atoms with Crippen LogP contribution in [-0.2, 0) is 0 Å². The molecular formula is C22H26N4O3S. The molecule has 1 amide bonds. The number of fused-ring (bicyclic) bond motifs is 1. The minimum atomic E-state index is -0.184. The van der Waals surface area contributed by atoms with Crippen molar-refractivity contribution in [3.8, 4) is 11.5 Å². The molecule has 0 bridgehead atoms. The Hall–Kier alpha value is -2.87. The number of carbonyl (C=O) groups is 1. The van der Waals surface area contributed by atoms with Gasteiger partial charge >= 0.3 is 0 Å². The number of aromatic nitrogens is 2. The monoisotopic (exact) mass is 426 g/mol. The van der Waals surface area contributed by atoms with Gasteiger partial charge in [0, 0.05) is 18.7 Å². The maximum Gasteiger partial charge on any atom is 0.266 e. The lowest BCUT2D eigenvalue weighted by Crippen LogP contribution is -2.38. The molecule has 158 valence electrons. The number of anilines is 2. The Balaban J connectivity index is 1.69. The summed E-state index contributed by atoms with van der Waals surface area (Å²) in [6, 6.07) is 5.74. The highest BCUT2D eigenvalue weighted by Crippen LogP contribution is 2.38. The maximum absolute atomic E-state index is 13.1. The average Bonchev–Trinajstić information content (AvgIpc) is 3.11. The summed E-state index contributed by atoms with van der Waals surface area (Å²) in [6.45, 7) is 5.19. The van der Waals surface area contributed by atoms with Crippen molar-refractivity contribution in [2.75, 3.05) is 31.0 Å². The number of methoxy groups -OCH3 is 2. The molecule has 2 aromatic heterocycles. The molecule has 1 fully saturated rings. The quantitative estimate of drug-likeness (QED) is 0.640. The molecule has 1 saturated heterocycles. The molecule has 3 aromatic rings. The molecule has 1 aliphatic rings. The number of hydrogen-bond acceptors (Lipinski definition) is 7. The Morgan fingerprint density at radius 2 is 2.07 bits per heavy atom. The van der Waals surface area contributed by atoms with Gasteiger partial charge in [0.2, 0.25) is 0 Å². The van der Waals surface area contributed by atoms with Gasteiger partial charge in [-0.3, -0.25) is 4.79 Å². The SMILES string of the molecule is COc1ccc(NC(=O)c2sc3ncnc(N4CCCC[C@@H]4C)c3c2C)c(OC)c1. The lowest BCUT2D eigenvalue weighted by Gasteiger charge is -2.34. The van der Waals surface area contributed by atoms with Crippen LogP contribution in [0.4, 0.5) is 11.5 Å². The van der Waals surface area contributed by atoms with Gasteiger partial charge in [0.25, 0.3) is 5.91 Å². The fourth-order valence-corrected chi connectivity index (χ4v) is 5.02. The van der Waals surface area contributed by atoms with Crippen LogP contribution < -0.4 is 19.7 Å². The molecule has 0 aliphatic carbocycles. The minimum Gasteiger partial charge on any atom is -0.497 e. The van der Waals surface area contributed by atoms with Gasteiger partial charge in [-0.05, 0) is 50.8 Å². The van der Waals surface area contributed by atoms with E-state index in [1.165, 1.54) is 17.8 Å². The normalized spacial score (nSPS) is 16.5. The summed E-state index contributed by atoms with van der Waals surface area (Å²) in [5.41, 5.74) is 1.50. The summed E-state index contributed by atoms with van der Waals surface area (Å²) in [7, 11) is 3.16. The second-order valence-corrected chi connectivity index (χ2v) is 8.49. The van der Waals surface area contributed by atoms with E-state index < -0.39 is 0 Å². The zero-order valence-corrected chi connectivity index (χ0v) is 18.5. The van der Waals surface area contributed by atoms with Crippen LogP contribution in [0.2, 0.25) is 0 Å². The zero-order valence-electron chi connectivity index (χ0n) is 17.7. The molecule has 1 N–H and O–H groups in total. The van der Waals surface area contributed by atoms with Gasteiger partial charge in [-0.25, -0.2) is 9.97 Å². The molecule has 30 heavy (non-hydrogen) atoms. The first-order chi connectivity index (χ1) is 14.5. The number of hydrogen-bond donors (Lipinski definition) is 1. The number of aryl methyl sites for hydroxylation is 1. The van der Waals surface area contributed by atoms with Crippen LogP contribution in [0.25, 0.3) is 10.2 Å². The molecule has 4 rings (SSSR count). The van der Waals surface area contributed by atoms with Crippen LogP contribution in [0.1, 0.15) is 41.4 Å². The van der Waals surface area contributed by atoms with Crippen LogP contribution in [-0.4, -0.2) is 42.7 Å². The summed E-state index contributed by atoms with van der Waals surface area (Å²) < 4.78 is 10.6. The van der Waals surface area contributed by atoms with E-state index in [0.717, 1.165) is 41.0 Å². The van der Waals surface area contributed by atoms with E-state index in [0.29, 0.717) is 28.1 Å². The number of rotatable bonds is 5. The van der Waals surface area contributed by atoms with Crippen molar-refractivity contribution in [3.63, 3.8) is 0 Å². The van der Waals surface area contributed by atoms with Crippen molar-refractivity contribution in [1.29, 1.82) is 0 Å². The van der Waals surface area contributed by atoms with E-state index >= 15 is 0 Å². The summed E-state index contributed by atoms with van der Waals surface area (Å²) in [5.74, 6) is 1.96. The lowest BCUT2D eigenvalue weighted by molar-refractivity contribution is 0.102. The van der Waals surface area contributed by atoms with Crippen molar-refractivity contribution in [2.24, 2.45) is 0 Å².